The molecular formula is C30H42F2N2O. The first-order valence-corrected chi connectivity index (χ1v) is 13.0. The first kappa shape index (κ1) is 28.7. The molecule has 3 rings (SSSR count). The van der Waals surface area contributed by atoms with Crippen LogP contribution in [0.15, 0.2) is 36.5 Å². The molecule has 2 aromatic rings. The van der Waals surface area contributed by atoms with Crippen LogP contribution in [0.5, 0.6) is 0 Å². The maximum Gasteiger partial charge on any atom is 0.213 e. The van der Waals surface area contributed by atoms with E-state index in [-0.39, 0.29) is 23.4 Å². The van der Waals surface area contributed by atoms with E-state index in [9.17, 15) is 13.6 Å². The van der Waals surface area contributed by atoms with Gasteiger partial charge < -0.3 is 4.90 Å². The number of pyridine rings is 1. The summed E-state index contributed by atoms with van der Waals surface area (Å²) in [6.07, 6.45) is 8.65. The SMILES string of the molecule is C/C=C(/C(=O)C1Cc2cc(F)ccc2N(C)C1)c1cnc(F)cc1C(C)CC.CCCC(C)CC. The predicted octanol–water partition coefficient (Wildman–Crippen LogP) is 7.99. The monoisotopic (exact) mass is 484 g/mol. The fourth-order valence-corrected chi connectivity index (χ4v) is 4.67. The van der Waals surface area contributed by atoms with Crippen molar-refractivity contribution in [1.29, 1.82) is 0 Å². The van der Waals surface area contributed by atoms with E-state index < -0.39 is 5.95 Å². The number of aromatic nitrogens is 1. The third-order valence-corrected chi connectivity index (χ3v) is 7.15. The van der Waals surface area contributed by atoms with Gasteiger partial charge in [-0.3, -0.25) is 4.79 Å². The molecule has 1 aliphatic rings. The van der Waals surface area contributed by atoms with Crippen molar-refractivity contribution < 1.29 is 13.6 Å². The predicted molar refractivity (Wildman–Crippen MR) is 143 cm³/mol. The lowest BCUT2D eigenvalue weighted by atomic mass is 9.82. The van der Waals surface area contributed by atoms with Crippen LogP contribution in [-0.4, -0.2) is 24.4 Å². The number of nitrogens with zero attached hydrogens (tertiary/aromatic N) is 2. The third kappa shape index (κ3) is 7.46. The summed E-state index contributed by atoms with van der Waals surface area (Å²) in [6, 6.07) is 6.13. The lowest BCUT2D eigenvalue weighted by Crippen LogP contribution is -2.37. The molecule has 35 heavy (non-hydrogen) atoms. The van der Waals surface area contributed by atoms with Crippen LogP contribution in [0.25, 0.3) is 5.57 Å². The maximum absolute atomic E-state index is 13.8. The van der Waals surface area contributed by atoms with E-state index in [1.54, 1.807) is 12.1 Å². The number of fused-ring (bicyclic) bond motifs is 1. The highest BCUT2D eigenvalue weighted by molar-refractivity contribution is 6.22. The molecule has 0 N–H and O–H groups in total. The maximum atomic E-state index is 13.8. The van der Waals surface area contributed by atoms with Crippen molar-refractivity contribution in [3.05, 3.63) is 65.0 Å². The second-order valence-corrected chi connectivity index (χ2v) is 9.83. The van der Waals surface area contributed by atoms with Gasteiger partial charge in [-0.2, -0.15) is 4.39 Å². The molecule has 1 aliphatic heterocycles. The molecule has 1 aromatic carbocycles. The summed E-state index contributed by atoms with van der Waals surface area (Å²) in [6.45, 7) is 13.2. The number of benzene rings is 1. The fraction of sp³-hybridized carbons (Fsp3) is 0.533. The van der Waals surface area contributed by atoms with Crippen molar-refractivity contribution in [2.75, 3.05) is 18.5 Å². The van der Waals surface area contributed by atoms with E-state index in [1.165, 1.54) is 43.7 Å². The third-order valence-electron chi connectivity index (χ3n) is 7.15. The highest BCUT2D eigenvalue weighted by Crippen LogP contribution is 2.34. The minimum atomic E-state index is -0.538. The number of hydrogen-bond donors (Lipinski definition) is 0. The van der Waals surface area contributed by atoms with Crippen LogP contribution in [0.2, 0.25) is 0 Å². The van der Waals surface area contributed by atoms with Crippen LogP contribution in [-0.2, 0) is 11.2 Å². The van der Waals surface area contributed by atoms with Gasteiger partial charge in [-0.25, -0.2) is 9.37 Å². The molecule has 3 atom stereocenters. The Balaban J connectivity index is 0.000000540. The van der Waals surface area contributed by atoms with E-state index in [4.69, 9.17) is 0 Å². The van der Waals surface area contributed by atoms with Gasteiger partial charge in [0.2, 0.25) is 5.95 Å². The molecule has 0 aliphatic carbocycles. The number of carbonyl (C=O) groups is 1. The number of allylic oxidation sites excluding steroid dienone is 2. The summed E-state index contributed by atoms with van der Waals surface area (Å²) in [5.41, 5.74) is 3.84. The standard InChI is InChI=1S/C23H26F2N2O.C7H16/c1-5-14(3)19-11-22(25)26-12-20(19)18(6-2)23(28)16-9-15-10-17(24)7-8-21(15)27(4)13-16;1-4-6-7(3)5-2/h6-8,10-12,14,16H,5,9,13H2,1-4H3;7H,4-6H2,1-3H3/b18-6+;. The molecule has 0 fully saturated rings. The van der Waals surface area contributed by atoms with Crippen molar-refractivity contribution in [2.45, 2.75) is 79.6 Å². The van der Waals surface area contributed by atoms with Crippen LogP contribution in [0.3, 0.4) is 0 Å². The van der Waals surface area contributed by atoms with Crippen LogP contribution < -0.4 is 4.90 Å². The Hall–Kier alpha value is -2.56. The Morgan fingerprint density at radius 2 is 1.89 bits per heavy atom. The normalized spacial score (nSPS) is 17.2. The lowest BCUT2D eigenvalue weighted by Gasteiger charge is -2.33. The molecule has 2 heterocycles. The Kier molecular flexibility index (Phi) is 11.1. The molecule has 0 bridgehead atoms. The van der Waals surface area contributed by atoms with Crippen molar-refractivity contribution in [3.63, 3.8) is 0 Å². The van der Waals surface area contributed by atoms with Gasteiger partial charge in [-0.05, 0) is 67.0 Å². The molecular weight excluding hydrogens is 442 g/mol. The quantitative estimate of drug-likeness (QED) is 0.281. The number of hydrogen-bond acceptors (Lipinski definition) is 3. The van der Waals surface area contributed by atoms with Crippen LogP contribution in [0.1, 0.15) is 89.8 Å². The van der Waals surface area contributed by atoms with Gasteiger partial charge in [-0.15, -0.1) is 0 Å². The van der Waals surface area contributed by atoms with Crippen molar-refractivity contribution in [3.8, 4) is 0 Å². The minimum Gasteiger partial charge on any atom is -0.374 e. The Morgan fingerprint density at radius 3 is 2.46 bits per heavy atom. The highest BCUT2D eigenvalue weighted by Gasteiger charge is 2.31. The van der Waals surface area contributed by atoms with Crippen molar-refractivity contribution >= 4 is 17.0 Å². The van der Waals surface area contributed by atoms with Gasteiger partial charge in [0, 0.05) is 42.5 Å². The van der Waals surface area contributed by atoms with E-state index in [0.717, 1.165) is 29.2 Å². The molecule has 0 radical (unpaired) electrons. The number of carbonyl (C=O) groups excluding carboxylic acids is 1. The van der Waals surface area contributed by atoms with Crippen LogP contribution in [0, 0.1) is 23.6 Å². The average Bonchev–Trinajstić information content (AvgIpc) is 2.84. The van der Waals surface area contributed by atoms with Gasteiger partial charge in [0.05, 0.1) is 0 Å². The van der Waals surface area contributed by atoms with E-state index in [0.29, 0.717) is 24.1 Å². The van der Waals surface area contributed by atoms with Crippen LogP contribution >= 0.6 is 0 Å². The second kappa shape index (κ2) is 13.5. The van der Waals surface area contributed by atoms with Gasteiger partial charge in [0.15, 0.2) is 5.78 Å². The van der Waals surface area contributed by atoms with E-state index >= 15 is 0 Å². The smallest absolute Gasteiger partial charge is 0.213 e. The highest BCUT2D eigenvalue weighted by atomic mass is 19.1. The van der Waals surface area contributed by atoms with Gasteiger partial charge >= 0.3 is 0 Å². The summed E-state index contributed by atoms with van der Waals surface area (Å²) in [5.74, 6) is -0.0799. The van der Waals surface area contributed by atoms with Crippen molar-refractivity contribution in [2.24, 2.45) is 11.8 Å². The zero-order chi connectivity index (χ0) is 26.1. The van der Waals surface area contributed by atoms with Crippen LogP contribution in [0.4, 0.5) is 14.5 Å². The molecule has 5 heteroatoms. The molecule has 3 nitrogen and oxygen atoms in total. The number of rotatable bonds is 8. The topological polar surface area (TPSA) is 33.2 Å². The lowest BCUT2D eigenvalue weighted by molar-refractivity contribution is -0.117. The average molecular weight is 485 g/mol. The summed E-state index contributed by atoms with van der Waals surface area (Å²) in [7, 11) is 1.91. The number of anilines is 1. The van der Waals surface area contributed by atoms with Gasteiger partial charge in [0.1, 0.15) is 5.82 Å². The Bertz CT molecular complexity index is 1020. The first-order chi connectivity index (χ1) is 16.7. The Labute approximate surface area is 210 Å². The Morgan fingerprint density at radius 1 is 1.17 bits per heavy atom. The molecule has 0 amide bonds. The molecule has 0 saturated carbocycles. The first-order valence-electron chi connectivity index (χ1n) is 13.0. The zero-order valence-corrected chi connectivity index (χ0v) is 22.5. The fourth-order valence-electron chi connectivity index (χ4n) is 4.67. The molecule has 1 aromatic heterocycles. The second-order valence-electron chi connectivity index (χ2n) is 9.83. The van der Waals surface area contributed by atoms with E-state index in [2.05, 4.69) is 25.8 Å². The zero-order valence-electron chi connectivity index (χ0n) is 22.5. The largest absolute Gasteiger partial charge is 0.374 e. The van der Waals surface area contributed by atoms with E-state index in [1.807, 2.05) is 32.7 Å². The molecule has 192 valence electrons. The number of halogens is 2. The molecule has 0 saturated heterocycles. The summed E-state index contributed by atoms with van der Waals surface area (Å²) in [5, 5.41) is 0. The summed E-state index contributed by atoms with van der Waals surface area (Å²) in [4.78, 5) is 19.2. The summed E-state index contributed by atoms with van der Waals surface area (Å²) < 4.78 is 27.5. The van der Waals surface area contributed by atoms with Gasteiger partial charge in [0.25, 0.3) is 0 Å². The minimum absolute atomic E-state index is 0.0118. The molecule has 3 unspecified atom stereocenters. The molecule has 0 spiro atoms. The number of Topliss-reactive ketones (excluding diaryl/α,β-unsaturated/α-hetero) is 1. The summed E-state index contributed by atoms with van der Waals surface area (Å²) >= 11 is 0. The van der Waals surface area contributed by atoms with Gasteiger partial charge in [-0.1, -0.05) is 60.0 Å². The van der Waals surface area contributed by atoms with Crippen molar-refractivity contribution in [1.82, 2.24) is 4.98 Å². The number of ketones is 1.